The molecule has 2 aromatic carbocycles. The van der Waals surface area contributed by atoms with Crippen LogP contribution < -0.4 is 4.90 Å². The van der Waals surface area contributed by atoms with Gasteiger partial charge in [-0.3, -0.25) is 9.69 Å². The van der Waals surface area contributed by atoms with Crippen molar-refractivity contribution in [3.05, 3.63) is 57.1 Å². The lowest BCUT2D eigenvalue weighted by atomic mass is 10.1. The molecule has 1 atom stereocenters. The molecule has 7 heteroatoms. The quantitative estimate of drug-likeness (QED) is 0.501. The molecule has 0 bridgehead atoms. The zero-order valence-electron chi connectivity index (χ0n) is 15.7. The second-order valence-corrected chi connectivity index (χ2v) is 8.95. The lowest BCUT2D eigenvalue weighted by Gasteiger charge is -2.23. The summed E-state index contributed by atoms with van der Waals surface area (Å²) >= 11 is 13.8. The van der Waals surface area contributed by atoms with Crippen molar-refractivity contribution in [2.45, 2.75) is 32.8 Å². The number of hydrogen-bond donors (Lipinski definition) is 0. The van der Waals surface area contributed by atoms with E-state index < -0.39 is 0 Å². The third-order valence-electron chi connectivity index (χ3n) is 4.87. The van der Waals surface area contributed by atoms with Gasteiger partial charge in [-0.15, -0.1) is 0 Å². The first kappa shape index (κ1) is 19.6. The van der Waals surface area contributed by atoms with Crippen LogP contribution in [-0.2, 0) is 4.74 Å². The molecule has 1 saturated heterocycles. The summed E-state index contributed by atoms with van der Waals surface area (Å²) in [6.07, 6.45) is 1.94. The van der Waals surface area contributed by atoms with Gasteiger partial charge in [0.1, 0.15) is 0 Å². The number of benzene rings is 2. The molecule has 1 unspecified atom stereocenters. The number of anilines is 1. The molecular weight excluding hydrogens is 415 g/mol. The predicted molar refractivity (Wildman–Crippen MR) is 116 cm³/mol. The number of halogens is 2. The van der Waals surface area contributed by atoms with Crippen LogP contribution in [-0.4, -0.2) is 30.1 Å². The van der Waals surface area contributed by atoms with E-state index in [2.05, 4.69) is 19.1 Å². The topological polar surface area (TPSA) is 42.4 Å². The molecule has 1 fully saturated rings. The minimum atomic E-state index is -0.189. The largest absolute Gasteiger partial charge is 0.376 e. The summed E-state index contributed by atoms with van der Waals surface area (Å²) in [6, 6.07) is 9.14. The van der Waals surface area contributed by atoms with E-state index in [0.29, 0.717) is 27.3 Å². The van der Waals surface area contributed by atoms with E-state index in [1.165, 1.54) is 16.9 Å². The highest BCUT2D eigenvalue weighted by molar-refractivity contribution is 7.22. The Hall–Kier alpha value is -1.66. The molecule has 1 aromatic heterocycles. The molecule has 1 aliphatic heterocycles. The van der Waals surface area contributed by atoms with Crippen molar-refractivity contribution in [2.75, 3.05) is 18.1 Å². The standard InChI is InChI=1S/C21H20Cl2N2O2S/c1-12-8-13(2)19-18(9-12)28-21(24-19)25(11-15-4-3-7-27-15)20(26)16-6-5-14(22)10-17(16)23/h5-6,8-10,15H,3-4,7,11H2,1-2H3. The average molecular weight is 435 g/mol. The van der Waals surface area contributed by atoms with Crippen LogP contribution in [0, 0.1) is 13.8 Å². The summed E-state index contributed by atoms with van der Waals surface area (Å²) in [5.41, 5.74) is 3.62. The highest BCUT2D eigenvalue weighted by Crippen LogP contribution is 2.34. The van der Waals surface area contributed by atoms with Crippen molar-refractivity contribution in [3.8, 4) is 0 Å². The number of nitrogens with zero attached hydrogens (tertiary/aromatic N) is 2. The van der Waals surface area contributed by atoms with Gasteiger partial charge in [0.25, 0.3) is 5.91 Å². The van der Waals surface area contributed by atoms with E-state index in [0.717, 1.165) is 35.2 Å². The molecule has 3 aromatic rings. The van der Waals surface area contributed by atoms with E-state index in [1.54, 1.807) is 23.1 Å². The highest BCUT2D eigenvalue weighted by atomic mass is 35.5. The Morgan fingerprint density at radius 3 is 2.82 bits per heavy atom. The zero-order chi connectivity index (χ0) is 19.8. The van der Waals surface area contributed by atoms with Crippen LogP contribution in [0.5, 0.6) is 0 Å². The van der Waals surface area contributed by atoms with E-state index in [-0.39, 0.29) is 12.0 Å². The van der Waals surface area contributed by atoms with Gasteiger partial charge in [-0.05, 0) is 62.1 Å². The van der Waals surface area contributed by atoms with Crippen molar-refractivity contribution in [1.29, 1.82) is 0 Å². The summed E-state index contributed by atoms with van der Waals surface area (Å²) < 4.78 is 6.86. The number of fused-ring (bicyclic) bond motifs is 1. The van der Waals surface area contributed by atoms with Crippen molar-refractivity contribution >= 4 is 55.8 Å². The average Bonchev–Trinajstić information content (AvgIpc) is 3.28. The molecule has 28 heavy (non-hydrogen) atoms. The summed E-state index contributed by atoms with van der Waals surface area (Å²) in [4.78, 5) is 19.9. The summed E-state index contributed by atoms with van der Waals surface area (Å²) in [7, 11) is 0. The van der Waals surface area contributed by atoms with E-state index in [1.807, 2.05) is 6.92 Å². The number of carbonyl (C=O) groups excluding carboxylic acids is 1. The molecule has 0 radical (unpaired) electrons. The third kappa shape index (κ3) is 3.90. The zero-order valence-corrected chi connectivity index (χ0v) is 18.0. The third-order valence-corrected chi connectivity index (χ3v) is 6.44. The number of amides is 1. The van der Waals surface area contributed by atoms with Gasteiger partial charge in [0.15, 0.2) is 5.13 Å². The Morgan fingerprint density at radius 2 is 2.11 bits per heavy atom. The number of rotatable bonds is 4. The first-order valence-corrected chi connectivity index (χ1v) is 10.8. The maximum Gasteiger partial charge on any atom is 0.261 e. The summed E-state index contributed by atoms with van der Waals surface area (Å²) in [5, 5.41) is 1.50. The van der Waals surface area contributed by atoms with Crippen LogP contribution in [0.2, 0.25) is 10.0 Å². The number of thiazole rings is 1. The van der Waals surface area contributed by atoms with E-state index in [9.17, 15) is 4.79 Å². The smallest absolute Gasteiger partial charge is 0.261 e. The van der Waals surface area contributed by atoms with Gasteiger partial charge in [-0.1, -0.05) is 40.6 Å². The van der Waals surface area contributed by atoms with Crippen LogP contribution in [0.3, 0.4) is 0 Å². The van der Waals surface area contributed by atoms with Crippen LogP contribution in [0.25, 0.3) is 10.2 Å². The number of carbonyl (C=O) groups is 1. The van der Waals surface area contributed by atoms with Crippen molar-refractivity contribution in [2.24, 2.45) is 0 Å². The van der Waals surface area contributed by atoms with Crippen LogP contribution in [0.15, 0.2) is 30.3 Å². The minimum Gasteiger partial charge on any atom is -0.376 e. The van der Waals surface area contributed by atoms with Crippen LogP contribution in [0.4, 0.5) is 5.13 Å². The molecule has 1 aliphatic rings. The molecule has 4 nitrogen and oxygen atoms in total. The Morgan fingerprint density at radius 1 is 1.29 bits per heavy atom. The van der Waals surface area contributed by atoms with E-state index >= 15 is 0 Å². The Kier molecular flexibility index (Phi) is 5.61. The van der Waals surface area contributed by atoms with Crippen LogP contribution >= 0.6 is 34.5 Å². The Bertz CT molecular complexity index is 1040. The fraction of sp³-hybridized carbons (Fsp3) is 0.333. The van der Waals surface area contributed by atoms with Crippen molar-refractivity contribution in [1.82, 2.24) is 4.98 Å². The first-order chi connectivity index (χ1) is 13.4. The molecule has 2 heterocycles. The van der Waals surface area contributed by atoms with Gasteiger partial charge in [-0.2, -0.15) is 0 Å². The first-order valence-electron chi connectivity index (χ1n) is 9.18. The van der Waals surface area contributed by atoms with Gasteiger partial charge >= 0.3 is 0 Å². The maximum atomic E-state index is 13.4. The molecule has 0 spiro atoms. The fourth-order valence-electron chi connectivity index (χ4n) is 3.52. The number of aryl methyl sites for hydroxylation is 2. The fourth-order valence-corrected chi connectivity index (χ4v) is 5.16. The SMILES string of the molecule is Cc1cc(C)c2nc(N(CC3CCCO3)C(=O)c3ccc(Cl)cc3Cl)sc2c1. The van der Waals surface area contributed by atoms with Gasteiger partial charge < -0.3 is 4.74 Å². The summed E-state index contributed by atoms with van der Waals surface area (Å²) in [6.45, 7) is 5.29. The molecule has 0 aliphatic carbocycles. The Balaban J connectivity index is 1.76. The van der Waals surface area contributed by atoms with Gasteiger partial charge in [0, 0.05) is 11.6 Å². The highest BCUT2D eigenvalue weighted by Gasteiger charge is 2.28. The molecule has 0 N–H and O–H groups in total. The van der Waals surface area contributed by atoms with Gasteiger partial charge in [-0.25, -0.2) is 4.98 Å². The van der Waals surface area contributed by atoms with E-state index in [4.69, 9.17) is 32.9 Å². The lowest BCUT2D eigenvalue weighted by Crippen LogP contribution is -2.37. The molecule has 146 valence electrons. The van der Waals surface area contributed by atoms with Gasteiger partial charge in [0.2, 0.25) is 0 Å². The lowest BCUT2D eigenvalue weighted by molar-refractivity contribution is 0.0917. The Labute approximate surface area is 178 Å². The minimum absolute atomic E-state index is 0.00451. The molecular formula is C21H20Cl2N2O2S. The molecule has 0 saturated carbocycles. The van der Waals surface area contributed by atoms with Crippen LogP contribution in [0.1, 0.15) is 34.3 Å². The number of hydrogen-bond acceptors (Lipinski definition) is 4. The molecule has 4 rings (SSSR count). The number of aromatic nitrogens is 1. The van der Waals surface area contributed by atoms with Gasteiger partial charge in [0.05, 0.1) is 33.5 Å². The normalized spacial score (nSPS) is 16.6. The summed E-state index contributed by atoms with van der Waals surface area (Å²) in [5.74, 6) is -0.189. The van der Waals surface area contributed by atoms with Crippen molar-refractivity contribution < 1.29 is 9.53 Å². The monoisotopic (exact) mass is 434 g/mol. The van der Waals surface area contributed by atoms with Crippen molar-refractivity contribution in [3.63, 3.8) is 0 Å². The number of ether oxygens (including phenoxy) is 1. The second-order valence-electron chi connectivity index (χ2n) is 7.10. The second kappa shape index (κ2) is 7.99. The molecule has 1 amide bonds. The predicted octanol–water partition coefficient (Wildman–Crippen LogP) is 6.05. The maximum absolute atomic E-state index is 13.4.